The summed E-state index contributed by atoms with van der Waals surface area (Å²) in [5.74, 6) is 1.51. The normalized spacial score (nSPS) is 33.4. The minimum absolute atomic E-state index is 0.0691. The fourth-order valence-electron chi connectivity index (χ4n) is 9.05. The van der Waals surface area contributed by atoms with Crippen molar-refractivity contribution >= 4 is 11.9 Å². The van der Waals surface area contributed by atoms with Crippen molar-refractivity contribution in [2.24, 2.45) is 11.8 Å². The number of amides is 3. The molecule has 5 fully saturated rings. The molecule has 39 heavy (non-hydrogen) atoms. The minimum atomic E-state index is -0.0691. The SMILES string of the molecule is COCCN1CC2(CC3CCC(C2)N3C[C@H]2CN(C(=O)C3CCCC3)C[C@@H]2c2ccccc2)N(C(C)C)C1=O. The van der Waals surface area contributed by atoms with E-state index in [0.29, 0.717) is 43.0 Å². The van der Waals surface area contributed by atoms with E-state index in [1.54, 1.807) is 7.11 Å². The number of methoxy groups -OCH3 is 1. The molecule has 4 saturated heterocycles. The van der Waals surface area contributed by atoms with Crippen LogP contribution >= 0.6 is 0 Å². The number of likely N-dealkylation sites (tertiary alicyclic amines) is 1. The summed E-state index contributed by atoms with van der Waals surface area (Å²) in [6, 6.07) is 12.3. The Morgan fingerprint density at radius 1 is 1.03 bits per heavy atom. The Kier molecular flexibility index (Phi) is 7.66. The predicted molar refractivity (Wildman–Crippen MR) is 153 cm³/mol. The second-order valence-corrected chi connectivity index (χ2v) is 13.4. The van der Waals surface area contributed by atoms with Crippen molar-refractivity contribution in [3.63, 3.8) is 0 Å². The topological polar surface area (TPSA) is 56.3 Å². The molecule has 4 atom stereocenters. The first kappa shape index (κ1) is 27.1. The van der Waals surface area contributed by atoms with E-state index in [-0.39, 0.29) is 23.5 Å². The van der Waals surface area contributed by atoms with Gasteiger partial charge in [0.1, 0.15) is 0 Å². The molecule has 5 aliphatic rings. The molecule has 0 radical (unpaired) electrons. The number of benzene rings is 1. The number of hydrogen-bond donors (Lipinski definition) is 0. The number of hydrogen-bond acceptors (Lipinski definition) is 4. The molecular formula is C32H48N4O3. The van der Waals surface area contributed by atoms with E-state index in [4.69, 9.17) is 4.74 Å². The van der Waals surface area contributed by atoms with Crippen LogP contribution in [0.4, 0.5) is 4.79 Å². The maximum absolute atomic E-state index is 13.5. The van der Waals surface area contributed by atoms with Crippen molar-refractivity contribution in [2.45, 2.75) is 94.8 Å². The molecule has 2 unspecified atom stereocenters. The summed E-state index contributed by atoms with van der Waals surface area (Å²) in [6.07, 6.45) is 9.10. The van der Waals surface area contributed by atoms with E-state index in [9.17, 15) is 9.59 Å². The van der Waals surface area contributed by atoms with Gasteiger partial charge in [-0.2, -0.15) is 0 Å². The van der Waals surface area contributed by atoms with Gasteiger partial charge < -0.3 is 19.4 Å². The molecule has 0 N–H and O–H groups in total. The highest BCUT2D eigenvalue weighted by Gasteiger charge is 2.58. The van der Waals surface area contributed by atoms with Crippen molar-refractivity contribution in [1.29, 1.82) is 0 Å². The molecule has 1 saturated carbocycles. The van der Waals surface area contributed by atoms with Gasteiger partial charge in [-0.05, 0) is 63.9 Å². The smallest absolute Gasteiger partial charge is 0.320 e. The fourth-order valence-corrected chi connectivity index (χ4v) is 9.05. The zero-order valence-electron chi connectivity index (χ0n) is 24.3. The lowest BCUT2D eigenvalue weighted by Crippen LogP contribution is -2.60. The van der Waals surface area contributed by atoms with Crippen molar-refractivity contribution in [3.05, 3.63) is 35.9 Å². The molecule has 6 rings (SSSR count). The summed E-state index contributed by atoms with van der Waals surface area (Å²) in [5.41, 5.74) is 1.31. The van der Waals surface area contributed by atoms with Crippen LogP contribution in [0.2, 0.25) is 0 Å². The summed E-state index contributed by atoms with van der Waals surface area (Å²) in [5, 5.41) is 0. The molecule has 1 spiro atoms. The number of piperidine rings is 1. The molecule has 1 aromatic carbocycles. The van der Waals surface area contributed by atoms with Crippen LogP contribution in [0.15, 0.2) is 30.3 Å². The summed E-state index contributed by atoms with van der Waals surface area (Å²) in [6.45, 7) is 9.24. The summed E-state index contributed by atoms with van der Waals surface area (Å²) >= 11 is 0. The van der Waals surface area contributed by atoms with E-state index < -0.39 is 0 Å². The van der Waals surface area contributed by atoms with Crippen LogP contribution in [0.25, 0.3) is 0 Å². The van der Waals surface area contributed by atoms with Crippen molar-refractivity contribution in [1.82, 2.24) is 19.6 Å². The molecule has 4 heterocycles. The van der Waals surface area contributed by atoms with Gasteiger partial charge in [0.2, 0.25) is 5.91 Å². The van der Waals surface area contributed by atoms with Gasteiger partial charge in [0.25, 0.3) is 0 Å². The van der Waals surface area contributed by atoms with E-state index in [1.165, 1.54) is 31.2 Å². The van der Waals surface area contributed by atoms with Gasteiger partial charge in [-0.25, -0.2) is 4.79 Å². The number of urea groups is 1. The standard InChI is InChI=1S/C32H48N4O3/c1-23(2)36-31(38)33(15-16-39-3)22-32(36)17-27-13-14-28(18-32)35(27)20-26-19-34(30(37)25-11-7-8-12-25)21-29(26)24-9-5-4-6-10-24/h4-6,9-10,23,25-29H,7-8,11-22H2,1-3H3/t26-,27?,28?,29-,32?/m1/s1. The number of carbonyl (C=O) groups is 2. The Bertz CT molecular complexity index is 1010. The van der Waals surface area contributed by atoms with Gasteiger partial charge in [0.05, 0.1) is 12.1 Å². The largest absolute Gasteiger partial charge is 0.383 e. The highest BCUT2D eigenvalue weighted by atomic mass is 16.5. The van der Waals surface area contributed by atoms with Crippen LogP contribution in [0.1, 0.15) is 76.7 Å². The Morgan fingerprint density at radius 2 is 1.72 bits per heavy atom. The zero-order valence-corrected chi connectivity index (χ0v) is 24.3. The third-order valence-electron chi connectivity index (χ3n) is 10.7. The molecule has 0 aromatic heterocycles. The molecule has 3 amide bonds. The van der Waals surface area contributed by atoms with Gasteiger partial charge in [-0.3, -0.25) is 9.69 Å². The van der Waals surface area contributed by atoms with Gasteiger partial charge in [-0.15, -0.1) is 0 Å². The van der Waals surface area contributed by atoms with Crippen LogP contribution in [0.3, 0.4) is 0 Å². The Labute approximate surface area is 234 Å². The Balaban J connectivity index is 1.20. The van der Waals surface area contributed by atoms with E-state index in [0.717, 1.165) is 51.9 Å². The zero-order chi connectivity index (χ0) is 27.1. The number of nitrogens with zero attached hydrogens (tertiary/aromatic N) is 4. The lowest BCUT2D eigenvalue weighted by Gasteiger charge is -2.50. The quantitative estimate of drug-likeness (QED) is 0.488. The molecule has 1 aromatic rings. The number of fused-ring (bicyclic) bond motifs is 2. The first-order valence-electron chi connectivity index (χ1n) is 15.6. The second kappa shape index (κ2) is 11.0. The van der Waals surface area contributed by atoms with E-state index in [2.05, 4.69) is 58.9 Å². The molecular weight excluding hydrogens is 488 g/mol. The predicted octanol–water partition coefficient (Wildman–Crippen LogP) is 4.58. The van der Waals surface area contributed by atoms with Gasteiger partial charge >= 0.3 is 6.03 Å². The molecule has 1 aliphatic carbocycles. The average molecular weight is 537 g/mol. The minimum Gasteiger partial charge on any atom is -0.383 e. The monoisotopic (exact) mass is 536 g/mol. The first-order valence-corrected chi connectivity index (χ1v) is 15.6. The molecule has 7 heteroatoms. The van der Waals surface area contributed by atoms with Crippen molar-refractivity contribution < 1.29 is 14.3 Å². The summed E-state index contributed by atoms with van der Waals surface area (Å²) < 4.78 is 5.33. The van der Waals surface area contributed by atoms with Crippen molar-refractivity contribution in [2.75, 3.05) is 46.4 Å². The molecule has 214 valence electrons. The maximum Gasteiger partial charge on any atom is 0.320 e. The molecule has 2 bridgehead atoms. The van der Waals surface area contributed by atoms with Gasteiger partial charge in [-0.1, -0.05) is 43.2 Å². The van der Waals surface area contributed by atoms with Gasteiger partial charge in [0.15, 0.2) is 0 Å². The fraction of sp³-hybridized carbons (Fsp3) is 0.750. The van der Waals surface area contributed by atoms with E-state index in [1.807, 2.05) is 4.90 Å². The highest BCUT2D eigenvalue weighted by Crippen LogP contribution is 2.48. The average Bonchev–Trinajstić information content (AvgIpc) is 3.70. The maximum atomic E-state index is 13.5. The third kappa shape index (κ3) is 4.99. The molecule has 7 nitrogen and oxygen atoms in total. The van der Waals surface area contributed by atoms with Crippen LogP contribution in [-0.2, 0) is 9.53 Å². The first-order chi connectivity index (χ1) is 18.9. The lowest BCUT2D eigenvalue weighted by atomic mass is 9.80. The summed E-state index contributed by atoms with van der Waals surface area (Å²) in [7, 11) is 1.71. The lowest BCUT2D eigenvalue weighted by molar-refractivity contribution is -0.134. The van der Waals surface area contributed by atoms with Gasteiger partial charge in [0, 0.05) is 69.8 Å². The third-order valence-corrected chi connectivity index (χ3v) is 10.7. The van der Waals surface area contributed by atoms with Crippen LogP contribution in [0.5, 0.6) is 0 Å². The highest BCUT2D eigenvalue weighted by molar-refractivity contribution is 5.80. The summed E-state index contributed by atoms with van der Waals surface area (Å²) in [4.78, 5) is 36.2. The Morgan fingerprint density at radius 3 is 2.36 bits per heavy atom. The van der Waals surface area contributed by atoms with Crippen LogP contribution in [-0.4, -0.2) is 102 Å². The Hall–Kier alpha value is -2.12. The second-order valence-electron chi connectivity index (χ2n) is 13.4. The molecule has 4 aliphatic heterocycles. The van der Waals surface area contributed by atoms with Crippen molar-refractivity contribution in [3.8, 4) is 0 Å². The number of rotatable bonds is 8. The number of ether oxygens (including phenoxy) is 1. The van der Waals surface area contributed by atoms with Crippen LogP contribution in [0, 0.1) is 11.8 Å². The number of carbonyl (C=O) groups excluding carboxylic acids is 2. The van der Waals surface area contributed by atoms with Crippen LogP contribution < -0.4 is 0 Å². The van der Waals surface area contributed by atoms with E-state index >= 15 is 0 Å².